The van der Waals surface area contributed by atoms with Crippen molar-refractivity contribution in [3.8, 4) is 5.75 Å². The highest BCUT2D eigenvalue weighted by molar-refractivity contribution is 6.00. The van der Waals surface area contributed by atoms with Gasteiger partial charge in [0.1, 0.15) is 17.7 Å². The smallest absolute Gasteiger partial charge is 0.234 e. The third kappa shape index (κ3) is 5.40. The molecule has 10 nitrogen and oxygen atoms in total. The first-order chi connectivity index (χ1) is 17.1. The van der Waals surface area contributed by atoms with Crippen molar-refractivity contribution in [1.29, 1.82) is 0 Å². The average Bonchev–Trinajstić information content (AvgIpc) is 3.37. The number of ether oxygens (including phenoxy) is 1. The van der Waals surface area contributed by atoms with Crippen LogP contribution < -0.4 is 25.2 Å². The van der Waals surface area contributed by atoms with Crippen molar-refractivity contribution in [1.82, 2.24) is 15.3 Å². The Kier molecular flexibility index (Phi) is 7.67. The molecule has 36 heavy (non-hydrogen) atoms. The Hall–Kier alpha value is -2.95. The van der Waals surface area contributed by atoms with E-state index in [2.05, 4.69) is 20.5 Å². The molecule has 0 spiro atoms. The Bertz CT molecular complexity index is 1090. The molecule has 0 saturated heterocycles. The van der Waals surface area contributed by atoms with Crippen LogP contribution in [-0.4, -0.2) is 65.5 Å². The van der Waals surface area contributed by atoms with Crippen LogP contribution in [0.1, 0.15) is 58.2 Å². The fourth-order valence-corrected chi connectivity index (χ4v) is 5.03. The van der Waals surface area contributed by atoms with Crippen LogP contribution in [-0.2, 0) is 4.79 Å². The lowest BCUT2D eigenvalue weighted by molar-refractivity contribution is -0.125. The van der Waals surface area contributed by atoms with Gasteiger partial charge in [0.05, 0.1) is 30.5 Å². The van der Waals surface area contributed by atoms with Gasteiger partial charge < -0.3 is 30.1 Å². The predicted molar refractivity (Wildman–Crippen MR) is 140 cm³/mol. The molecule has 2 unspecified atom stereocenters. The minimum absolute atomic E-state index is 0.0496. The first-order valence-corrected chi connectivity index (χ1v) is 12.6. The van der Waals surface area contributed by atoms with E-state index in [0.717, 1.165) is 18.7 Å². The molecule has 10 heteroatoms. The van der Waals surface area contributed by atoms with Crippen LogP contribution in [0.2, 0.25) is 0 Å². The number of methoxy groups -OCH3 is 1. The maximum atomic E-state index is 13.2. The van der Waals surface area contributed by atoms with E-state index in [1.54, 1.807) is 50.4 Å². The number of nitrogens with one attached hydrogen (secondary N) is 2. The summed E-state index contributed by atoms with van der Waals surface area (Å²) in [6, 6.07) is 5.64. The molecule has 1 aliphatic heterocycles. The number of aliphatic hydroxyl groups excluding tert-OH is 2. The van der Waals surface area contributed by atoms with Gasteiger partial charge in [-0.15, -0.1) is 0 Å². The molecule has 1 saturated carbocycles. The minimum atomic E-state index is -0.942. The van der Waals surface area contributed by atoms with Crippen molar-refractivity contribution in [3.63, 3.8) is 0 Å². The number of amides is 1. The van der Waals surface area contributed by atoms with Crippen molar-refractivity contribution in [2.75, 3.05) is 42.4 Å². The lowest BCUT2D eigenvalue weighted by Crippen LogP contribution is -2.45. The fraction of sp³-hybridized carbons (Fsp3) is 0.577. The molecule has 2 atom stereocenters. The van der Waals surface area contributed by atoms with Gasteiger partial charge in [-0.05, 0) is 51.3 Å². The van der Waals surface area contributed by atoms with Gasteiger partial charge >= 0.3 is 0 Å². The van der Waals surface area contributed by atoms with E-state index < -0.39 is 17.7 Å². The van der Waals surface area contributed by atoms with Gasteiger partial charge in [0.15, 0.2) is 5.82 Å². The molecule has 2 aromatic rings. The second-order valence-corrected chi connectivity index (χ2v) is 10.5. The molecule has 0 radical (unpaired) electrons. The number of nitrogens with zero attached hydrogens (tertiary/aromatic N) is 4. The van der Waals surface area contributed by atoms with Gasteiger partial charge in [-0.2, -0.15) is 4.98 Å². The van der Waals surface area contributed by atoms with Crippen molar-refractivity contribution < 1.29 is 19.7 Å². The van der Waals surface area contributed by atoms with Crippen LogP contribution in [0.4, 0.5) is 23.1 Å². The molecule has 4 rings (SSSR count). The highest BCUT2D eigenvalue weighted by Crippen LogP contribution is 2.40. The second kappa shape index (κ2) is 10.6. The number of carbonyl (C=O) groups excluding carboxylic acids is 1. The van der Waals surface area contributed by atoms with E-state index in [-0.39, 0.29) is 12.5 Å². The van der Waals surface area contributed by atoms with Gasteiger partial charge in [0.25, 0.3) is 0 Å². The van der Waals surface area contributed by atoms with E-state index >= 15 is 0 Å². The molecule has 1 fully saturated rings. The summed E-state index contributed by atoms with van der Waals surface area (Å²) in [4.78, 5) is 26.6. The van der Waals surface area contributed by atoms with Crippen molar-refractivity contribution in [3.05, 3.63) is 30.0 Å². The van der Waals surface area contributed by atoms with Gasteiger partial charge in [0, 0.05) is 26.2 Å². The van der Waals surface area contributed by atoms with Crippen molar-refractivity contribution >= 4 is 29.0 Å². The van der Waals surface area contributed by atoms with Crippen LogP contribution in [0, 0.1) is 5.41 Å². The quantitative estimate of drug-likeness (QED) is 0.407. The molecule has 196 valence electrons. The minimum Gasteiger partial charge on any atom is -0.495 e. The standard InChI is InChI=1S/C26H38N6O4/c1-16(33)13-27-23(34)17-10-11-19(21(12-17)36-5)29-25-28-14-20-22(30-25)32(18-8-6-7-9-18)15-26(2,3)24(35)31(20)4/h10-12,14,16,18,23,27,33-34H,6-9,13,15H2,1-5H3,(H,28,29,30). The predicted octanol–water partition coefficient (Wildman–Crippen LogP) is 2.94. The third-order valence-electron chi connectivity index (χ3n) is 6.99. The number of carbonyl (C=O) groups is 1. The maximum Gasteiger partial charge on any atom is 0.234 e. The second-order valence-electron chi connectivity index (χ2n) is 10.5. The van der Waals surface area contributed by atoms with Crippen molar-refractivity contribution in [2.24, 2.45) is 5.41 Å². The fourth-order valence-electron chi connectivity index (χ4n) is 5.03. The normalized spacial score (nSPS) is 19.6. The number of aliphatic hydroxyl groups is 2. The van der Waals surface area contributed by atoms with Crippen LogP contribution in [0.25, 0.3) is 0 Å². The van der Waals surface area contributed by atoms with E-state index in [1.807, 2.05) is 13.8 Å². The molecule has 1 aromatic heterocycles. The Labute approximate surface area is 212 Å². The highest BCUT2D eigenvalue weighted by Gasteiger charge is 2.41. The zero-order valence-electron chi connectivity index (χ0n) is 21.8. The lowest BCUT2D eigenvalue weighted by atomic mass is 9.91. The summed E-state index contributed by atoms with van der Waals surface area (Å²) in [6.07, 6.45) is 4.72. The monoisotopic (exact) mass is 498 g/mol. The van der Waals surface area contributed by atoms with Gasteiger partial charge in [0.2, 0.25) is 11.9 Å². The molecule has 2 aliphatic rings. The molecular weight excluding hydrogens is 460 g/mol. The number of hydrogen-bond donors (Lipinski definition) is 4. The number of hydrogen-bond acceptors (Lipinski definition) is 9. The maximum absolute atomic E-state index is 13.2. The molecule has 1 aromatic carbocycles. The first kappa shape index (κ1) is 26.1. The average molecular weight is 499 g/mol. The summed E-state index contributed by atoms with van der Waals surface area (Å²) in [5.74, 6) is 1.73. The highest BCUT2D eigenvalue weighted by atomic mass is 16.5. The molecular formula is C26H38N6O4. The topological polar surface area (TPSA) is 123 Å². The Morgan fingerprint density at radius 3 is 2.64 bits per heavy atom. The van der Waals surface area contributed by atoms with E-state index in [1.165, 1.54) is 12.8 Å². The van der Waals surface area contributed by atoms with Gasteiger partial charge in [-0.25, -0.2) is 4.98 Å². The number of anilines is 4. The summed E-state index contributed by atoms with van der Waals surface area (Å²) in [5.41, 5.74) is 1.41. The molecule has 0 bridgehead atoms. The largest absolute Gasteiger partial charge is 0.495 e. The van der Waals surface area contributed by atoms with Crippen LogP contribution in [0.15, 0.2) is 24.4 Å². The first-order valence-electron chi connectivity index (χ1n) is 12.6. The Morgan fingerprint density at radius 2 is 1.97 bits per heavy atom. The van der Waals surface area contributed by atoms with Crippen molar-refractivity contribution in [2.45, 2.75) is 64.8 Å². The summed E-state index contributed by atoms with van der Waals surface area (Å²) in [6.45, 7) is 6.49. The van der Waals surface area contributed by atoms with E-state index in [0.29, 0.717) is 41.2 Å². The van der Waals surface area contributed by atoms with Gasteiger partial charge in [-0.3, -0.25) is 10.1 Å². The molecule has 1 aliphatic carbocycles. The van der Waals surface area contributed by atoms with E-state index in [4.69, 9.17) is 9.72 Å². The van der Waals surface area contributed by atoms with Crippen LogP contribution in [0.5, 0.6) is 5.75 Å². The number of fused-ring (bicyclic) bond motifs is 1. The summed E-state index contributed by atoms with van der Waals surface area (Å²) >= 11 is 0. The zero-order valence-corrected chi connectivity index (χ0v) is 21.8. The summed E-state index contributed by atoms with van der Waals surface area (Å²) in [7, 11) is 3.35. The Balaban J connectivity index is 1.64. The van der Waals surface area contributed by atoms with Crippen LogP contribution in [0.3, 0.4) is 0 Å². The third-order valence-corrected chi connectivity index (χ3v) is 6.99. The summed E-state index contributed by atoms with van der Waals surface area (Å²) in [5, 5.41) is 26.0. The Morgan fingerprint density at radius 1 is 1.25 bits per heavy atom. The lowest BCUT2D eigenvalue weighted by Gasteiger charge is -2.34. The van der Waals surface area contributed by atoms with Gasteiger partial charge in [-0.1, -0.05) is 18.9 Å². The number of aromatic nitrogens is 2. The summed E-state index contributed by atoms with van der Waals surface area (Å²) < 4.78 is 5.56. The zero-order chi connectivity index (χ0) is 26.0. The van der Waals surface area contributed by atoms with Crippen LogP contribution >= 0.6 is 0 Å². The number of rotatable bonds is 8. The molecule has 2 heterocycles. The SMILES string of the molecule is COc1cc(C(O)NCC(C)O)ccc1Nc1ncc2c(n1)N(C1CCCC1)CC(C)(C)C(=O)N2C. The number of benzene rings is 1. The van der Waals surface area contributed by atoms with E-state index in [9.17, 15) is 15.0 Å². The molecule has 4 N–H and O–H groups in total. The molecule has 1 amide bonds.